The molecule has 1 fully saturated rings. The molecule has 0 radical (unpaired) electrons. The van der Waals surface area contributed by atoms with E-state index >= 15 is 0 Å². The lowest BCUT2D eigenvalue weighted by atomic mass is 10.2. The number of nitrogens with zero attached hydrogens (tertiary/aromatic N) is 2. The average Bonchev–Trinajstić information content (AvgIpc) is 2.55. The Morgan fingerprint density at radius 3 is 2.58 bits per heavy atom. The Balaban J connectivity index is 0.00000288. The van der Waals surface area contributed by atoms with Crippen molar-refractivity contribution in [3.63, 3.8) is 0 Å². The molecule has 134 valence electrons. The topological polar surface area (TPSA) is 68.8 Å². The maximum Gasteiger partial charge on any atom is 0.239 e. The first-order valence-electron chi connectivity index (χ1n) is 8.13. The number of nitrogens with one attached hydrogen (secondary N) is 3. The molecule has 1 heterocycles. The third kappa shape index (κ3) is 6.54. The first-order valence-corrected chi connectivity index (χ1v) is 8.13. The molecule has 1 aliphatic heterocycles. The normalized spacial score (nSPS) is 14.9. The van der Waals surface area contributed by atoms with Gasteiger partial charge in [-0.25, -0.2) is 0 Å². The van der Waals surface area contributed by atoms with Gasteiger partial charge >= 0.3 is 0 Å². The first kappa shape index (κ1) is 20.5. The van der Waals surface area contributed by atoms with Gasteiger partial charge in [-0.3, -0.25) is 9.79 Å². The molecule has 2 rings (SSSR count). The molecule has 7 heteroatoms. The predicted octanol–water partition coefficient (Wildman–Crippen LogP) is 1.56. The number of amides is 1. The van der Waals surface area contributed by atoms with E-state index in [1.54, 1.807) is 7.05 Å². The monoisotopic (exact) mass is 445 g/mol. The van der Waals surface area contributed by atoms with Gasteiger partial charge in [0, 0.05) is 38.9 Å². The molecule has 0 aromatic heterocycles. The van der Waals surface area contributed by atoms with Crippen molar-refractivity contribution in [3.05, 3.63) is 29.8 Å². The molecule has 1 aromatic carbocycles. The van der Waals surface area contributed by atoms with Gasteiger partial charge in [0.05, 0.1) is 6.54 Å². The van der Waals surface area contributed by atoms with E-state index < -0.39 is 0 Å². The van der Waals surface area contributed by atoms with Gasteiger partial charge in [0.2, 0.25) is 5.91 Å². The van der Waals surface area contributed by atoms with Crippen LogP contribution in [0.2, 0.25) is 0 Å². The highest BCUT2D eigenvalue weighted by Gasteiger charge is 2.16. The van der Waals surface area contributed by atoms with Crippen molar-refractivity contribution in [2.75, 3.05) is 38.1 Å². The van der Waals surface area contributed by atoms with E-state index in [0.717, 1.165) is 31.3 Å². The fraction of sp³-hybridized carbons (Fsp3) is 0.529. The molecule has 1 saturated heterocycles. The summed E-state index contributed by atoms with van der Waals surface area (Å²) in [7, 11) is 1.78. The van der Waals surface area contributed by atoms with Gasteiger partial charge in [0.15, 0.2) is 5.96 Å². The van der Waals surface area contributed by atoms with Gasteiger partial charge in [-0.1, -0.05) is 26.0 Å². The average molecular weight is 445 g/mol. The number of hydrogen-bond acceptors (Lipinski definition) is 3. The number of benzene rings is 1. The number of hydrogen-bond donors (Lipinski definition) is 3. The van der Waals surface area contributed by atoms with Gasteiger partial charge in [-0.2, -0.15) is 0 Å². The van der Waals surface area contributed by atoms with Crippen LogP contribution in [0.25, 0.3) is 0 Å². The lowest BCUT2D eigenvalue weighted by Crippen LogP contribution is -2.47. The molecule has 24 heavy (non-hydrogen) atoms. The van der Waals surface area contributed by atoms with Gasteiger partial charge in [0.25, 0.3) is 0 Å². The molecular weight excluding hydrogens is 417 g/mol. The maximum atomic E-state index is 11.5. The van der Waals surface area contributed by atoms with E-state index in [0.29, 0.717) is 19.0 Å². The van der Waals surface area contributed by atoms with Crippen molar-refractivity contribution >= 4 is 41.5 Å². The van der Waals surface area contributed by atoms with Gasteiger partial charge < -0.3 is 20.9 Å². The summed E-state index contributed by atoms with van der Waals surface area (Å²) in [5.74, 6) is 1.48. The van der Waals surface area contributed by atoms with E-state index in [1.807, 2.05) is 0 Å². The second-order valence-corrected chi connectivity index (χ2v) is 6.14. The standard InChI is InChI=1S/C17H27N5O.HI/c1-13(2)10-20-17(18-3)21-11-14-4-6-15(7-5-14)22-9-8-19-16(23)12-22;/h4-7,13H,8-12H2,1-3H3,(H,19,23)(H2,18,20,21);1H. The largest absolute Gasteiger partial charge is 0.360 e. The summed E-state index contributed by atoms with van der Waals surface area (Å²) in [5.41, 5.74) is 2.27. The van der Waals surface area contributed by atoms with Crippen LogP contribution in [0.15, 0.2) is 29.3 Å². The highest BCUT2D eigenvalue weighted by Crippen LogP contribution is 2.15. The Hall–Kier alpha value is -1.51. The number of aliphatic imine (C=N–C) groups is 1. The third-order valence-corrected chi connectivity index (χ3v) is 3.70. The lowest BCUT2D eigenvalue weighted by Gasteiger charge is -2.28. The SMILES string of the molecule is CN=C(NCc1ccc(N2CCNC(=O)C2)cc1)NCC(C)C.I. The van der Waals surface area contributed by atoms with E-state index in [9.17, 15) is 4.79 Å². The molecule has 1 aromatic rings. The minimum absolute atomic E-state index is 0. The number of guanidine groups is 1. The highest BCUT2D eigenvalue weighted by atomic mass is 127. The molecule has 1 amide bonds. The van der Waals surface area contributed by atoms with E-state index in [-0.39, 0.29) is 29.9 Å². The van der Waals surface area contributed by atoms with Crippen molar-refractivity contribution in [3.8, 4) is 0 Å². The zero-order valence-electron chi connectivity index (χ0n) is 14.6. The zero-order chi connectivity index (χ0) is 16.7. The van der Waals surface area contributed by atoms with Crippen molar-refractivity contribution in [1.82, 2.24) is 16.0 Å². The molecule has 1 aliphatic rings. The predicted molar refractivity (Wildman–Crippen MR) is 110 cm³/mol. The van der Waals surface area contributed by atoms with Gasteiger partial charge in [0.1, 0.15) is 0 Å². The molecule has 0 bridgehead atoms. The number of halogens is 1. The molecule has 6 nitrogen and oxygen atoms in total. The van der Waals surface area contributed by atoms with Crippen LogP contribution in [0.4, 0.5) is 5.69 Å². The van der Waals surface area contributed by atoms with Crippen molar-refractivity contribution in [2.45, 2.75) is 20.4 Å². The minimum atomic E-state index is 0. The third-order valence-electron chi connectivity index (χ3n) is 3.70. The van der Waals surface area contributed by atoms with Gasteiger partial charge in [-0.05, 0) is 23.6 Å². The van der Waals surface area contributed by atoms with Crippen LogP contribution in [-0.2, 0) is 11.3 Å². The first-order chi connectivity index (χ1) is 11.1. The molecule has 0 spiro atoms. The Morgan fingerprint density at radius 2 is 2.00 bits per heavy atom. The Bertz CT molecular complexity index is 544. The summed E-state index contributed by atoms with van der Waals surface area (Å²) in [6.07, 6.45) is 0. The van der Waals surface area contributed by atoms with E-state index in [4.69, 9.17) is 0 Å². The quantitative estimate of drug-likeness (QED) is 0.366. The van der Waals surface area contributed by atoms with Crippen LogP contribution < -0.4 is 20.9 Å². The Labute approximate surface area is 161 Å². The minimum Gasteiger partial charge on any atom is -0.360 e. The molecular formula is C17H28IN5O. The van der Waals surface area contributed by atoms with E-state index in [2.05, 4.69) is 64.0 Å². The molecule has 0 unspecified atom stereocenters. The summed E-state index contributed by atoms with van der Waals surface area (Å²) in [5, 5.41) is 9.44. The second kappa shape index (κ2) is 10.4. The number of piperazine rings is 1. The smallest absolute Gasteiger partial charge is 0.239 e. The number of rotatable bonds is 5. The summed E-state index contributed by atoms with van der Waals surface area (Å²) in [4.78, 5) is 17.8. The van der Waals surface area contributed by atoms with Crippen LogP contribution in [0, 0.1) is 5.92 Å². The van der Waals surface area contributed by atoms with Crippen LogP contribution in [-0.4, -0.2) is 45.1 Å². The summed E-state index contributed by atoms with van der Waals surface area (Å²) in [6.45, 7) is 7.95. The highest BCUT2D eigenvalue weighted by molar-refractivity contribution is 14.0. The molecule has 0 saturated carbocycles. The molecule has 0 atom stereocenters. The maximum absolute atomic E-state index is 11.5. The van der Waals surface area contributed by atoms with E-state index in [1.165, 1.54) is 5.56 Å². The summed E-state index contributed by atoms with van der Waals surface area (Å²) in [6, 6.07) is 8.31. The van der Waals surface area contributed by atoms with Gasteiger partial charge in [-0.15, -0.1) is 24.0 Å². The number of carbonyl (C=O) groups is 1. The zero-order valence-corrected chi connectivity index (χ0v) is 17.0. The van der Waals surface area contributed by atoms with Crippen LogP contribution in [0.3, 0.4) is 0 Å². The van der Waals surface area contributed by atoms with Crippen molar-refractivity contribution in [2.24, 2.45) is 10.9 Å². The number of carbonyl (C=O) groups excluding carboxylic acids is 1. The summed E-state index contributed by atoms with van der Waals surface area (Å²) >= 11 is 0. The molecule has 3 N–H and O–H groups in total. The Morgan fingerprint density at radius 1 is 1.29 bits per heavy atom. The molecule has 0 aliphatic carbocycles. The van der Waals surface area contributed by atoms with Crippen LogP contribution in [0.1, 0.15) is 19.4 Å². The fourth-order valence-electron chi connectivity index (χ4n) is 2.39. The van der Waals surface area contributed by atoms with Crippen LogP contribution in [0.5, 0.6) is 0 Å². The second-order valence-electron chi connectivity index (χ2n) is 6.14. The lowest BCUT2D eigenvalue weighted by molar-refractivity contribution is -0.120. The fourth-order valence-corrected chi connectivity index (χ4v) is 2.39. The number of anilines is 1. The Kier molecular flexibility index (Phi) is 8.88. The van der Waals surface area contributed by atoms with Crippen LogP contribution >= 0.6 is 24.0 Å². The van der Waals surface area contributed by atoms with Crippen molar-refractivity contribution in [1.29, 1.82) is 0 Å². The van der Waals surface area contributed by atoms with Crippen molar-refractivity contribution < 1.29 is 4.79 Å². The summed E-state index contributed by atoms with van der Waals surface area (Å²) < 4.78 is 0.